The Morgan fingerprint density at radius 2 is 0.742 bits per heavy atom. The molecule has 0 saturated carbocycles. The summed E-state index contributed by atoms with van der Waals surface area (Å²) in [7, 11) is 0. The van der Waals surface area contributed by atoms with E-state index in [2.05, 4.69) is 262 Å². The summed E-state index contributed by atoms with van der Waals surface area (Å²) in [6.45, 7) is 0. The number of nitrogens with zero attached hydrogens (tertiary/aromatic N) is 4. The molecule has 62 heavy (non-hydrogen) atoms. The van der Waals surface area contributed by atoms with Crippen molar-refractivity contribution in [3.8, 4) is 11.4 Å². The Bertz CT molecular complexity index is 3520. The monoisotopic (exact) mass is 792 g/mol. The lowest BCUT2D eigenvalue weighted by atomic mass is 10.0. The van der Waals surface area contributed by atoms with E-state index in [0.29, 0.717) is 0 Å². The van der Waals surface area contributed by atoms with Crippen LogP contribution in [0, 0.1) is 0 Å². The molecule has 0 fully saturated rings. The summed E-state index contributed by atoms with van der Waals surface area (Å²) < 4.78 is 4.84. The standard InChI is InChI=1S/C58H40N4/c1-6-21-42(22-7-1)59(47-35-37-53-51(38-47)57-49-31-17-16-20-41(49)34-36-54(57)61(53)45-27-12-4-13-28-45)48-39-55(60(43-23-8-2-9-24-43)44-25-10-3-11-26-44)58-50-32-18-19-33-52(50)62(56(58)40-48)46-29-14-5-15-30-46/h1-40H. The molecular formula is C58H40N4. The highest BCUT2D eigenvalue weighted by molar-refractivity contribution is 6.22. The van der Waals surface area contributed by atoms with Crippen LogP contribution in [0.3, 0.4) is 0 Å². The Morgan fingerprint density at radius 3 is 1.37 bits per heavy atom. The zero-order valence-electron chi connectivity index (χ0n) is 33.9. The number of rotatable bonds is 8. The van der Waals surface area contributed by atoms with Crippen LogP contribution in [-0.4, -0.2) is 9.13 Å². The van der Waals surface area contributed by atoms with Crippen LogP contribution in [0.25, 0.3) is 65.8 Å². The van der Waals surface area contributed by atoms with Crippen molar-refractivity contribution in [2.75, 3.05) is 9.80 Å². The first-order valence-electron chi connectivity index (χ1n) is 21.2. The summed E-state index contributed by atoms with van der Waals surface area (Å²) in [5.74, 6) is 0. The maximum atomic E-state index is 2.43. The van der Waals surface area contributed by atoms with Crippen molar-refractivity contribution in [1.82, 2.24) is 9.13 Å². The number of fused-ring (bicyclic) bond motifs is 8. The zero-order valence-corrected chi connectivity index (χ0v) is 33.9. The van der Waals surface area contributed by atoms with Gasteiger partial charge in [0.05, 0.1) is 33.4 Å². The molecule has 2 aromatic heterocycles. The molecule has 0 atom stereocenters. The molecule has 2 heterocycles. The quantitative estimate of drug-likeness (QED) is 0.152. The summed E-state index contributed by atoms with van der Waals surface area (Å²) in [5.41, 5.74) is 13.3. The third kappa shape index (κ3) is 5.76. The van der Waals surface area contributed by atoms with E-state index in [-0.39, 0.29) is 0 Å². The van der Waals surface area contributed by atoms with E-state index in [0.717, 1.165) is 56.5 Å². The van der Waals surface area contributed by atoms with Crippen LogP contribution in [0.4, 0.5) is 34.1 Å². The molecule has 292 valence electrons. The molecule has 10 aromatic carbocycles. The van der Waals surface area contributed by atoms with Crippen molar-refractivity contribution >= 4 is 88.5 Å². The molecule has 0 amide bonds. The molecule has 0 saturated heterocycles. The minimum absolute atomic E-state index is 1.05. The van der Waals surface area contributed by atoms with Gasteiger partial charge in [-0.2, -0.15) is 0 Å². The van der Waals surface area contributed by atoms with Gasteiger partial charge in [-0.05, 0) is 114 Å². The first-order chi connectivity index (χ1) is 30.8. The molecule has 0 radical (unpaired) electrons. The Balaban J connectivity index is 1.20. The maximum Gasteiger partial charge on any atom is 0.0583 e. The van der Waals surface area contributed by atoms with E-state index in [1.807, 2.05) is 0 Å². The van der Waals surface area contributed by atoms with Gasteiger partial charge in [0.2, 0.25) is 0 Å². The summed E-state index contributed by atoms with van der Waals surface area (Å²) in [5, 5.41) is 7.29. The van der Waals surface area contributed by atoms with E-state index in [1.54, 1.807) is 0 Å². The third-order valence-corrected chi connectivity index (χ3v) is 12.2. The van der Waals surface area contributed by atoms with Crippen LogP contribution in [0.1, 0.15) is 0 Å². The molecular weight excluding hydrogens is 753 g/mol. The fourth-order valence-corrected chi connectivity index (χ4v) is 9.60. The summed E-state index contributed by atoms with van der Waals surface area (Å²) in [4.78, 5) is 4.85. The Morgan fingerprint density at radius 1 is 0.258 bits per heavy atom. The molecule has 0 N–H and O–H groups in total. The van der Waals surface area contributed by atoms with Crippen LogP contribution in [0.15, 0.2) is 243 Å². The number of benzene rings is 10. The Labute approximate surface area is 360 Å². The van der Waals surface area contributed by atoms with Gasteiger partial charge in [0.25, 0.3) is 0 Å². The van der Waals surface area contributed by atoms with Crippen molar-refractivity contribution in [3.05, 3.63) is 243 Å². The predicted molar refractivity (Wildman–Crippen MR) is 262 cm³/mol. The lowest BCUT2D eigenvalue weighted by molar-refractivity contribution is 1.17. The van der Waals surface area contributed by atoms with Gasteiger partial charge in [0.1, 0.15) is 0 Å². The fourth-order valence-electron chi connectivity index (χ4n) is 9.60. The van der Waals surface area contributed by atoms with Gasteiger partial charge < -0.3 is 18.9 Å². The molecule has 0 aliphatic rings. The van der Waals surface area contributed by atoms with Crippen molar-refractivity contribution in [2.45, 2.75) is 0 Å². The molecule has 0 unspecified atom stereocenters. The first-order valence-corrected chi connectivity index (χ1v) is 21.2. The normalized spacial score (nSPS) is 11.5. The average molecular weight is 793 g/mol. The summed E-state index contributed by atoms with van der Waals surface area (Å²) in [6.07, 6.45) is 0. The number of hydrogen-bond donors (Lipinski definition) is 0. The van der Waals surface area contributed by atoms with Crippen LogP contribution in [0.5, 0.6) is 0 Å². The van der Waals surface area contributed by atoms with Crippen LogP contribution in [-0.2, 0) is 0 Å². The second-order valence-corrected chi connectivity index (χ2v) is 15.8. The van der Waals surface area contributed by atoms with Gasteiger partial charge in [-0.15, -0.1) is 0 Å². The third-order valence-electron chi connectivity index (χ3n) is 12.2. The molecule has 12 aromatic rings. The van der Waals surface area contributed by atoms with Crippen molar-refractivity contribution in [1.29, 1.82) is 0 Å². The van der Waals surface area contributed by atoms with Crippen LogP contribution >= 0.6 is 0 Å². The Kier molecular flexibility index (Phi) is 8.46. The Hall–Kier alpha value is -8.34. The van der Waals surface area contributed by atoms with Crippen molar-refractivity contribution < 1.29 is 0 Å². The minimum Gasteiger partial charge on any atom is -0.310 e. The van der Waals surface area contributed by atoms with Gasteiger partial charge in [0, 0.05) is 55.7 Å². The van der Waals surface area contributed by atoms with Crippen LogP contribution < -0.4 is 9.80 Å². The second-order valence-electron chi connectivity index (χ2n) is 15.8. The maximum absolute atomic E-state index is 2.43. The van der Waals surface area contributed by atoms with Crippen molar-refractivity contribution in [2.24, 2.45) is 0 Å². The van der Waals surface area contributed by atoms with Crippen molar-refractivity contribution in [3.63, 3.8) is 0 Å². The molecule has 0 aliphatic heterocycles. The highest BCUT2D eigenvalue weighted by atomic mass is 15.2. The topological polar surface area (TPSA) is 16.3 Å². The predicted octanol–water partition coefficient (Wildman–Crippen LogP) is 16.0. The molecule has 4 heteroatoms. The summed E-state index contributed by atoms with van der Waals surface area (Å²) in [6, 6.07) is 87.7. The number of aromatic nitrogens is 2. The highest BCUT2D eigenvalue weighted by Gasteiger charge is 2.25. The lowest BCUT2D eigenvalue weighted by Crippen LogP contribution is -2.14. The SMILES string of the molecule is c1ccc(N(c2ccc3c(c2)c2c4ccccc4ccc2n3-c2ccccc2)c2cc(N(c3ccccc3)c3ccccc3)c3c4ccccc4n(-c4ccccc4)c3c2)cc1. The second kappa shape index (κ2) is 14.7. The number of para-hydroxylation sites is 6. The molecule has 4 nitrogen and oxygen atoms in total. The largest absolute Gasteiger partial charge is 0.310 e. The molecule has 0 aliphatic carbocycles. The smallest absolute Gasteiger partial charge is 0.0583 e. The van der Waals surface area contributed by atoms with E-state index >= 15 is 0 Å². The van der Waals surface area contributed by atoms with Gasteiger partial charge in [0.15, 0.2) is 0 Å². The lowest BCUT2D eigenvalue weighted by Gasteiger charge is -2.30. The van der Waals surface area contributed by atoms with Crippen LogP contribution in [0.2, 0.25) is 0 Å². The minimum atomic E-state index is 1.05. The van der Waals surface area contributed by atoms with Gasteiger partial charge >= 0.3 is 0 Å². The van der Waals surface area contributed by atoms with E-state index in [4.69, 9.17) is 0 Å². The molecule has 0 bridgehead atoms. The van der Waals surface area contributed by atoms with Gasteiger partial charge in [-0.25, -0.2) is 0 Å². The average Bonchev–Trinajstić information content (AvgIpc) is 3.86. The summed E-state index contributed by atoms with van der Waals surface area (Å²) >= 11 is 0. The zero-order chi connectivity index (χ0) is 41.0. The van der Waals surface area contributed by atoms with Gasteiger partial charge in [-0.3, -0.25) is 0 Å². The first kappa shape index (κ1) is 35.6. The van der Waals surface area contributed by atoms with E-state index in [1.165, 1.54) is 43.4 Å². The number of hydrogen-bond acceptors (Lipinski definition) is 2. The molecule has 12 rings (SSSR count). The van der Waals surface area contributed by atoms with E-state index < -0.39 is 0 Å². The van der Waals surface area contributed by atoms with E-state index in [9.17, 15) is 0 Å². The molecule has 0 spiro atoms. The highest BCUT2D eigenvalue weighted by Crippen LogP contribution is 2.49. The number of anilines is 6. The fraction of sp³-hybridized carbons (Fsp3) is 0. The van der Waals surface area contributed by atoms with Gasteiger partial charge in [-0.1, -0.05) is 140 Å².